The Bertz CT molecular complexity index is 14.5. The molecule has 0 amide bonds. The van der Waals surface area contributed by atoms with Gasteiger partial charge < -0.3 is 21.2 Å². The number of hydrogen-bond acceptors (Lipinski definition) is 4. The Morgan fingerprint density at radius 3 is 0.889 bits per heavy atom. The Balaban J connectivity index is -0.00000000889. The van der Waals surface area contributed by atoms with Crippen LogP contribution in [-0.2, 0) is 26.2 Å². The zero-order chi connectivity index (χ0) is 5.41. The molecule has 0 radical (unpaired) electrons. The van der Waals surface area contributed by atoms with Gasteiger partial charge in [0.05, 0.1) is 0 Å². The van der Waals surface area contributed by atoms with Gasteiger partial charge in [0.1, 0.15) is 0 Å². The predicted octanol–water partition coefficient (Wildman–Crippen LogP) is -1.62. The van der Waals surface area contributed by atoms with Crippen molar-refractivity contribution < 1.29 is 47.4 Å². The quantitative estimate of drug-likeness (QED) is 0.484. The van der Waals surface area contributed by atoms with Crippen LogP contribution in [0.15, 0.2) is 0 Å². The minimum atomic E-state index is 0. The summed E-state index contributed by atoms with van der Waals surface area (Å²) < 4.78 is 0. The molecule has 56 valence electrons. The van der Waals surface area contributed by atoms with Gasteiger partial charge in [0, 0.05) is 0 Å². The van der Waals surface area contributed by atoms with Crippen LogP contribution in [0.4, 0.5) is 0 Å². The van der Waals surface area contributed by atoms with E-state index in [9.17, 15) is 0 Å². The topological polar surface area (TPSA) is 106 Å². The Morgan fingerprint density at radius 2 is 0.889 bits per heavy atom. The first kappa shape index (κ1) is 33.2. The van der Waals surface area contributed by atoms with Gasteiger partial charge in [-0.3, -0.25) is 0 Å². The Morgan fingerprint density at radius 1 is 0.889 bits per heavy atom. The molecular formula is C4H12O4Zr. The van der Waals surface area contributed by atoms with Crippen LogP contribution in [0, 0.1) is 0 Å². The minimum Gasteiger partial charge on any atom is -0.870 e. The SMILES string of the molecule is CC[O-].CC[O-].[OH-].[OH-].[Zr+4]. The first-order chi connectivity index (χ1) is 2.83. The van der Waals surface area contributed by atoms with Gasteiger partial charge in [-0.25, -0.2) is 0 Å². The standard InChI is InChI=1S/2C2H5O.2H2O.Zr/c2*1-2-3;;;/h2*2H2,1H3;2*1H2;/q2*-1;;;+4/p-2. The van der Waals surface area contributed by atoms with Crippen molar-refractivity contribution in [3.05, 3.63) is 0 Å². The zero-order valence-electron chi connectivity index (χ0n) is 5.63. The zero-order valence-corrected chi connectivity index (χ0v) is 8.08. The van der Waals surface area contributed by atoms with E-state index in [0.717, 1.165) is 0 Å². The summed E-state index contributed by atoms with van der Waals surface area (Å²) in [5.41, 5.74) is 0. The van der Waals surface area contributed by atoms with Gasteiger partial charge in [-0.2, -0.15) is 0 Å². The van der Waals surface area contributed by atoms with Gasteiger partial charge in [0.25, 0.3) is 0 Å². The van der Waals surface area contributed by atoms with Crippen molar-refractivity contribution in [2.24, 2.45) is 0 Å². The first-order valence-electron chi connectivity index (χ1n) is 1.99. The Labute approximate surface area is 74.6 Å². The maximum atomic E-state index is 8.93. The molecule has 2 N–H and O–H groups in total. The Hall–Kier alpha value is 0.723. The normalized spacial score (nSPS) is 4.00. The molecule has 0 aliphatic carbocycles. The van der Waals surface area contributed by atoms with E-state index in [4.69, 9.17) is 10.2 Å². The third-order valence-electron chi connectivity index (χ3n) is 0. The van der Waals surface area contributed by atoms with E-state index >= 15 is 0 Å². The summed E-state index contributed by atoms with van der Waals surface area (Å²) in [6.45, 7) is 3.14. The molecule has 5 heteroatoms. The van der Waals surface area contributed by atoms with Crippen molar-refractivity contribution in [1.29, 1.82) is 0 Å². The van der Waals surface area contributed by atoms with Crippen LogP contribution in [0.2, 0.25) is 0 Å². The van der Waals surface area contributed by atoms with Crippen LogP contribution in [0.1, 0.15) is 13.8 Å². The van der Waals surface area contributed by atoms with Crippen LogP contribution >= 0.6 is 0 Å². The third kappa shape index (κ3) is 754. The summed E-state index contributed by atoms with van der Waals surface area (Å²) in [4.78, 5) is 0. The molecule has 0 fully saturated rings. The summed E-state index contributed by atoms with van der Waals surface area (Å²) in [6.07, 6.45) is 0. The van der Waals surface area contributed by atoms with Gasteiger partial charge in [0.15, 0.2) is 0 Å². The molecule has 0 unspecified atom stereocenters. The average molecular weight is 215 g/mol. The molecule has 0 aromatic rings. The smallest absolute Gasteiger partial charge is 0.870 e. The predicted molar refractivity (Wildman–Crippen MR) is 25.0 cm³/mol. The van der Waals surface area contributed by atoms with E-state index in [1.54, 1.807) is 13.8 Å². The van der Waals surface area contributed by atoms with Crippen LogP contribution in [0.5, 0.6) is 0 Å². The van der Waals surface area contributed by atoms with Gasteiger partial charge >= 0.3 is 26.2 Å². The maximum Gasteiger partial charge on any atom is 4.00 e. The van der Waals surface area contributed by atoms with Crippen LogP contribution in [0.3, 0.4) is 0 Å². The fourth-order valence-corrected chi connectivity index (χ4v) is 0. The van der Waals surface area contributed by atoms with Crippen LogP contribution in [0.25, 0.3) is 0 Å². The molecule has 0 aliphatic heterocycles. The van der Waals surface area contributed by atoms with E-state index in [1.807, 2.05) is 0 Å². The van der Waals surface area contributed by atoms with Crippen LogP contribution < -0.4 is 10.2 Å². The Kier molecular flexibility index (Phi) is 259. The fourth-order valence-electron chi connectivity index (χ4n) is 0. The van der Waals surface area contributed by atoms with E-state index in [1.165, 1.54) is 0 Å². The second-order valence-electron chi connectivity index (χ2n) is 0.577. The fraction of sp³-hybridized carbons (Fsp3) is 1.00. The molecule has 0 rings (SSSR count). The molecule has 0 spiro atoms. The maximum absolute atomic E-state index is 8.93. The van der Waals surface area contributed by atoms with Crippen molar-refractivity contribution in [3.8, 4) is 0 Å². The summed E-state index contributed by atoms with van der Waals surface area (Å²) in [5, 5.41) is 17.9. The molecule has 0 saturated heterocycles. The van der Waals surface area contributed by atoms with Gasteiger partial charge in [-0.15, -0.1) is 13.2 Å². The van der Waals surface area contributed by atoms with Gasteiger partial charge in [-0.05, 0) is 0 Å². The summed E-state index contributed by atoms with van der Waals surface area (Å²) in [6, 6.07) is 0. The van der Waals surface area contributed by atoms with E-state index < -0.39 is 0 Å². The van der Waals surface area contributed by atoms with Crippen molar-refractivity contribution >= 4 is 0 Å². The molecule has 4 nitrogen and oxygen atoms in total. The van der Waals surface area contributed by atoms with E-state index in [0.29, 0.717) is 0 Å². The molecule has 0 aromatic heterocycles. The number of rotatable bonds is 0. The van der Waals surface area contributed by atoms with Crippen molar-refractivity contribution in [1.82, 2.24) is 0 Å². The summed E-state index contributed by atoms with van der Waals surface area (Å²) >= 11 is 0. The second-order valence-corrected chi connectivity index (χ2v) is 0.577. The molecule has 9 heavy (non-hydrogen) atoms. The van der Waals surface area contributed by atoms with E-state index in [-0.39, 0.29) is 50.4 Å². The molecular weight excluding hydrogens is 203 g/mol. The van der Waals surface area contributed by atoms with Gasteiger partial charge in [-0.1, -0.05) is 13.8 Å². The minimum absolute atomic E-state index is 0. The molecule has 0 bridgehead atoms. The van der Waals surface area contributed by atoms with Crippen LogP contribution in [-0.4, -0.2) is 24.2 Å². The molecule has 0 atom stereocenters. The van der Waals surface area contributed by atoms with Crippen molar-refractivity contribution in [3.63, 3.8) is 0 Å². The average Bonchev–Trinajstić information content (AvgIpc) is 1.39. The summed E-state index contributed by atoms with van der Waals surface area (Å²) in [7, 11) is 0. The third-order valence-corrected chi connectivity index (χ3v) is 0. The second kappa shape index (κ2) is 70.2. The molecule has 0 heterocycles. The largest absolute Gasteiger partial charge is 4.00 e. The number of hydrogen-bond donors (Lipinski definition) is 0. The van der Waals surface area contributed by atoms with Crippen molar-refractivity contribution in [2.45, 2.75) is 13.8 Å². The van der Waals surface area contributed by atoms with Gasteiger partial charge in [0.2, 0.25) is 0 Å². The monoisotopic (exact) mass is 214 g/mol. The molecule has 0 aliphatic rings. The summed E-state index contributed by atoms with van der Waals surface area (Å²) in [5.74, 6) is 0. The van der Waals surface area contributed by atoms with E-state index in [2.05, 4.69) is 0 Å². The molecule has 0 aromatic carbocycles. The molecule has 0 saturated carbocycles. The van der Waals surface area contributed by atoms with Crippen molar-refractivity contribution in [2.75, 3.05) is 13.2 Å². The first-order valence-corrected chi connectivity index (χ1v) is 1.99.